The number of carbonyl (C=O) groups excluding carboxylic acids is 1. The third kappa shape index (κ3) is 3.46. The van der Waals surface area contributed by atoms with Crippen LogP contribution in [0.2, 0.25) is 0 Å². The first-order valence-electron chi connectivity index (χ1n) is 6.45. The van der Waals surface area contributed by atoms with Gasteiger partial charge in [-0.25, -0.2) is 0 Å². The number of nitrogens with one attached hydrogen (secondary N) is 2. The Morgan fingerprint density at radius 1 is 1.25 bits per heavy atom. The number of hydrogen-bond acceptors (Lipinski definition) is 3. The average Bonchev–Trinajstić information content (AvgIpc) is 2.59. The lowest BCUT2D eigenvalue weighted by molar-refractivity contribution is -0.129. The van der Waals surface area contributed by atoms with Crippen LogP contribution in [0.15, 0.2) is 0 Å². The van der Waals surface area contributed by atoms with E-state index in [1.165, 1.54) is 12.8 Å². The topological polar surface area (TPSA) is 50.4 Å². The van der Waals surface area contributed by atoms with Crippen LogP contribution < -0.4 is 10.6 Å². The quantitative estimate of drug-likeness (QED) is 0.727. The Morgan fingerprint density at radius 3 is 3.00 bits per heavy atom. The number of rotatable bonds is 2. The van der Waals surface area contributed by atoms with Crippen molar-refractivity contribution in [3.63, 3.8) is 0 Å². The van der Waals surface area contributed by atoms with Gasteiger partial charge in [-0.2, -0.15) is 0 Å². The minimum atomic E-state index is 0.0806. The molecule has 2 heterocycles. The Bertz CT molecular complexity index is 219. The minimum Gasteiger partial charge on any atom is -0.381 e. The molecule has 0 bridgehead atoms. The second kappa shape index (κ2) is 6.21. The first-order chi connectivity index (χ1) is 7.86. The van der Waals surface area contributed by atoms with Gasteiger partial charge in [0.25, 0.3) is 0 Å². The van der Waals surface area contributed by atoms with Crippen molar-refractivity contribution in [3.8, 4) is 0 Å². The summed E-state index contributed by atoms with van der Waals surface area (Å²) < 4.78 is 5.34. The van der Waals surface area contributed by atoms with E-state index in [1.807, 2.05) is 0 Å². The zero-order chi connectivity index (χ0) is 11.2. The van der Waals surface area contributed by atoms with Crippen molar-refractivity contribution in [2.45, 2.75) is 38.1 Å². The van der Waals surface area contributed by atoms with E-state index >= 15 is 0 Å². The smallest absolute Gasteiger partial charge is 0.225 e. The van der Waals surface area contributed by atoms with E-state index in [4.69, 9.17) is 4.74 Å². The summed E-state index contributed by atoms with van der Waals surface area (Å²) in [6.07, 6.45) is 5.53. The molecular formula is C12H22N2O2. The standard InChI is InChI=1S/C12H22N2O2/c15-12(10-4-3-7-16-9-10)14-11-5-1-2-6-13-8-11/h10-11,13H,1-9H2,(H,14,15). The van der Waals surface area contributed by atoms with Gasteiger partial charge in [0.2, 0.25) is 5.91 Å². The van der Waals surface area contributed by atoms with Crippen LogP contribution in [0, 0.1) is 5.92 Å². The molecule has 0 spiro atoms. The van der Waals surface area contributed by atoms with Crippen LogP contribution in [0.1, 0.15) is 32.1 Å². The molecule has 0 saturated carbocycles. The molecule has 4 nitrogen and oxygen atoms in total. The maximum Gasteiger partial charge on any atom is 0.225 e. The van der Waals surface area contributed by atoms with Crippen molar-refractivity contribution in [1.29, 1.82) is 0 Å². The van der Waals surface area contributed by atoms with E-state index in [-0.39, 0.29) is 11.8 Å². The normalized spacial score (nSPS) is 31.8. The van der Waals surface area contributed by atoms with E-state index < -0.39 is 0 Å². The summed E-state index contributed by atoms with van der Waals surface area (Å²) in [5.74, 6) is 0.269. The second-order valence-corrected chi connectivity index (χ2v) is 4.82. The van der Waals surface area contributed by atoms with Crippen LogP contribution in [-0.4, -0.2) is 38.3 Å². The Labute approximate surface area is 97.1 Å². The highest BCUT2D eigenvalue weighted by Gasteiger charge is 2.24. The highest BCUT2D eigenvalue weighted by atomic mass is 16.5. The number of carbonyl (C=O) groups is 1. The maximum absolute atomic E-state index is 12.0. The van der Waals surface area contributed by atoms with Crippen molar-refractivity contribution in [2.24, 2.45) is 5.92 Å². The molecule has 2 unspecified atom stereocenters. The molecule has 2 aliphatic heterocycles. The molecule has 2 saturated heterocycles. The third-order valence-corrected chi connectivity index (χ3v) is 3.42. The van der Waals surface area contributed by atoms with Crippen molar-refractivity contribution < 1.29 is 9.53 Å². The molecule has 0 aliphatic carbocycles. The van der Waals surface area contributed by atoms with Crippen LogP contribution in [0.3, 0.4) is 0 Å². The number of ether oxygens (including phenoxy) is 1. The second-order valence-electron chi connectivity index (χ2n) is 4.82. The zero-order valence-corrected chi connectivity index (χ0v) is 9.84. The highest BCUT2D eigenvalue weighted by molar-refractivity contribution is 5.79. The zero-order valence-electron chi connectivity index (χ0n) is 9.84. The van der Waals surface area contributed by atoms with Gasteiger partial charge in [-0.15, -0.1) is 0 Å². The lowest BCUT2D eigenvalue weighted by Gasteiger charge is -2.24. The molecule has 2 atom stereocenters. The fourth-order valence-corrected chi connectivity index (χ4v) is 2.41. The minimum absolute atomic E-state index is 0.0806. The average molecular weight is 226 g/mol. The van der Waals surface area contributed by atoms with Crippen LogP contribution in [-0.2, 0) is 9.53 Å². The fourth-order valence-electron chi connectivity index (χ4n) is 2.41. The summed E-state index contributed by atoms with van der Waals surface area (Å²) in [5.41, 5.74) is 0. The lowest BCUT2D eigenvalue weighted by atomic mass is 10.0. The van der Waals surface area contributed by atoms with Gasteiger partial charge >= 0.3 is 0 Å². The molecule has 2 N–H and O–H groups in total. The summed E-state index contributed by atoms with van der Waals surface area (Å²) in [5, 5.41) is 6.51. The summed E-state index contributed by atoms with van der Waals surface area (Å²) in [6.45, 7) is 3.42. The lowest BCUT2D eigenvalue weighted by Crippen LogP contribution is -2.45. The molecule has 16 heavy (non-hydrogen) atoms. The van der Waals surface area contributed by atoms with Crippen molar-refractivity contribution in [3.05, 3.63) is 0 Å². The maximum atomic E-state index is 12.0. The molecule has 2 fully saturated rings. The van der Waals surface area contributed by atoms with E-state index in [0.29, 0.717) is 12.6 Å². The van der Waals surface area contributed by atoms with Gasteiger partial charge in [-0.05, 0) is 32.2 Å². The number of hydrogen-bond donors (Lipinski definition) is 2. The summed E-state index contributed by atoms with van der Waals surface area (Å²) in [6, 6.07) is 0.317. The summed E-state index contributed by atoms with van der Waals surface area (Å²) >= 11 is 0. The molecule has 92 valence electrons. The molecule has 0 aromatic carbocycles. The Kier molecular flexibility index (Phi) is 4.60. The Morgan fingerprint density at radius 2 is 2.19 bits per heavy atom. The molecule has 2 aliphatic rings. The van der Waals surface area contributed by atoms with E-state index in [2.05, 4.69) is 10.6 Å². The van der Waals surface area contributed by atoms with Gasteiger partial charge in [-0.3, -0.25) is 4.79 Å². The molecule has 0 aromatic rings. The van der Waals surface area contributed by atoms with Gasteiger partial charge < -0.3 is 15.4 Å². The monoisotopic (exact) mass is 226 g/mol. The third-order valence-electron chi connectivity index (χ3n) is 3.42. The SMILES string of the molecule is O=C(NC1CCCCNC1)C1CCCOC1. The van der Waals surface area contributed by atoms with Gasteiger partial charge in [0.15, 0.2) is 0 Å². The number of amides is 1. The van der Waals surface area contributed by atoms with Crippen LogP contribution >= 0.6 is 0 Å². The van der Waals surface area contributed by atoms with Crippen molar-refractivity contribution in [1.82, 2.24) is 10.6 Å². The van der Waals surface area contributed by atoms with Crippen LogP contribution in [0.25, 0.3) is 0 Å². The molecular weight excluding hydrogens is 204 g/mol. The van der Waals surface area contributed by atoms with Crippen LogP contribution in [0.5, 0.6) is 0 Å². The molecule has 2 rings (SSSR count). The van der Waals surface area contributed by atoms with Crippen molar-refractivity contribution >= 4 is 5.91 Å². The fraction of sp³-hybridized carbons (Fsp3) is 0.917. The molecule has 0 aromatic heterocycles. The first kappa shape index (κ1) is 11.9. The van der Waals surface area contributed by atoms with E-state index in [1.54, 1.807) is 0 Å². The molecule has 0 radical (unpaired) electrons. The Hall–Kier alpha value is -0.610. The van der Waals surface area contributed by atoms with Gasteiger partial charge in [0.05, 0.1) is 12.5 Å². The van der Waals surface area contributed by atoms with Gasteiger partial charge in [-0.1, -0.05) is 6.42 Å². The summed E-state index contributed by atoms with van der Waals surface area (Å²) in [4.78, 5) is 12.0. The Balaban J connectivity index is 1.76. The van der Waals surface area contributed by atoms with E-state index in [9.17, 15) is 4.79 Å². The van der Waals surface area contributed by atoms with Gasteiger partial charge in [0.1, 0.15) is 0 Å². The predicted octanol–water partition coefficient (Wildman–Crippen LogP) is 0.671. The van der Waals surface area contributed by atoms with Crippen LogP contribution in [0.4, 0.5) is 0 Å². The molecule has 1 amide bonds. The molecule has 4 heteroatoms. The first-order valence-corrected chi connectivity index (χ1v) is 6.45. The van der Waals surface area contributed by atoms with Crippen molar-refractivity contribution in [2.75, 3.05) is 26.3 Å². The highest BCUT2D eigenvalue weighted by Crippen LogP contribution is 2.14. The van der Waals surface area contributed by atoms with E-state index in [0.717, 1.165) is 39.0 Å². The largest absolute Gasteiger partial charge is 0.381 e. The predicted molar refractivity (Wildman–Crippen MR) is 62.2 cm³/mol. The summed E-state index contributed by atoms with van der Waals surface area (Å²) in [7, 11) is 0. The van der Waals surface area contributed by atoms with Gasteiger partial charge in [0, 0.05) is 19.2 Å².